The van der Waals surface area contributed by atoms with E-state index in [2.05, 4.69) is 10.2 Å². The van der Waals surface area contributed by atoms with Gasteiger partial charge < -0.3 is 14.8 Å². The zero-order valence-corrected chi connectivity index (χ0v) is 15.4. The Hall–Kier alpha value is -1.75. The van der Waals surface area contributed by atoms with E-state index in [9.17, 15) is 4.79 Å². The molecule has 0 radical (unpaired) electrons. The number of piperidine rings is 1. The molecule has 1 saturated heterocycles. The predicted molar refractivity (Wildman–Crippen MR) is 97.9 cm³/mol. The number of methoxy groups -OCH3 is 2. The van der Waals surface area contributed by atoms with Crippen molar-refractivity contribution in [3.63, 3.8) is 0 Å². The Morgan fingerprint density at radius 3 is 2.64 bits per heavy atom. The number of benzene rings is 1. The number of fused-ring (bicyclic) bond motifs is 1. The number of hydrogen-bond acceptors (Lipinski definition) is 4. The molecule has 0 bridgehead atoms. The minimum Gasteiger partial charge on any atom is -0.493 e. The molecule has 1 aliphatic heterocycles. The molecular formula is C20H30N2O3. The minimum atomic E-state index is 0.101. The smallest absolute Gasteiger partial charge is 0.234 e. The summed E-state index contributed by atoms with van der Waals surface area (Å²) in [4.78, 5) is 14.6. The van der Waals surface area contributed by atoms with Crippen molar-refractivity contribution in [2.24, 2.45) is 11.8 Å². The van der Waals surface area contributed by atoms with E-state index in [0.717, 1.165) is 30.5 Å². The monoisotopic (exact) mass is 346 g/mol. The minimum absolute atomic E-state index is 0.101. The Bertz CT molecular complexity index is 590. The van der Waals surface area contributed by atoms with Gasteiger partial charge in [-0.25, -0.2) is 0 Å². The summed E-state index contributed by atoms with van der Waals surface area (Å²) < 4.78 is 10.6. The van der Waals surface area contributed by atoms with Gasteiger partial charge in [-0.05, 0) is 48.9 Å². The first-order valence-corrected chi connectivity index (χ1v) is 9.39. The molecule has 0 aromatic heterocycles. The van der Waals surface area contributed by atoms with Crippen molar-refractivity contribution in [1.82, 2.24) is 10.2 Å². The molecule has 1 N–H and O–H groups in total. The molecule has 3 rings (SSSR count). The van der Waals surface area contributed by atoms with Gasteiger partial charge >= 0.3 is 0 Å². The van der Waals surface area contributed by atoms with Crippen molar-refractivity contribution in [3.05, 3.63) is 23.8 Å². The van der Waals surface area contributed by atoms with Gasteiger partial charge in [0.2, 0.25) is 5.91 Å². The van der Waals surface area contributed by atoms with E-state index in [0.29, 0.717) is 24.6 Å². The normalized spacial score (nSPS) is 23.6. The molecule has 0 spiro atoms. The second-order valence-corrected chi connectivity index (χ2v) is 7.29. The highest BCUT2D eigenvalue weighted by atomic mass is 16.5. The van der Waals surface area contributed by atoms with Crippen molar-refractivity contribution in [2.45, 2.75) is 38.6 Å². The zero-order chi connectivity index (χ0) is 17.6. The largest absolute Gasteiger partial charge is 0.493 e. The van der Waals surface area contributed by atoms with Crippen LogP contribution in [0.25, 0.3) is 0 Å². The summed E-state index contributed by atoms with van der Waals surface area (Å²) >= 11 is 0. The summed E-state index contributed by atoms with van der Waals surface area (Å²) in [6.45, 7) is 3.18. The van der Waals surface area contributed by atoms with Gasteiger partial charge in [0.05, 0.1) is 20.8 Å². The number of nitrogens with one attached hydrogen (secondary N) is 1. The van der Waals surface area contributed by atoms with Gasteiger partial charge in [0.1, 0.15) is 0 Å². The molecule has 2 aliphatic rings. The maximum atomic E-state index is 12.3. The summed E-state index contributed by atoms with van der Waals surface area (Å²) in [6, 6.07) is 5.73. The lowest BCUT2D eigenvalue weighted by Crippen LogP contribution is -2.46. The third kappa shape index (κ3) is 4.66. The quantitative estimate of drug-likeness (QED) is 0.860. The maximum Gasteiger partial charge on any atom is 0.234 e. The summed E-state index contributed by atoms with van der Waals surface area (Å²) in [5.74, 6) is 3.20. The maximum absolute atomic E-state index is 12.3. The lowest BCUT2D eigenvalue weighted by atomic mass is 9.75. The molecule has 1 aromatic rings. The van der Waals surface area contributed by atoms with Crippen LogP contribution in [-0.2, 0) is 11.3 Å². The molecule has 5 nitrogen and oxygen atoms in total. The van der Waals surface area contributed by atoms with E-state index in [4.69, 9.17) is 9.47 Å². The number of carbonyl (C=O) groups is 1. The van der Waals surface area contributed by atoms with Gasteiger partial charge in [0, 0.05) is 13.1 Å². The highest BCUT2D eigenvalue weighted by Crippen LogP contribution is 2.35. The van der Waals surface area contributed by atoms with Gasteiger partial charge in [-0.1, -0.05) is 25.3 Å². The van der Waals surface area contributed by atoms with E-state index in [1.54, 1.807) is 14.2 Å². The first-order valence-electron chi connectivity index (χ1n) is 9.39. The van der Waals surface area contributed by atoms with E-state index < -0.39 is 0 Å². The zero-order valence-electron chi connectivity index (χ0n) is 15.4. The Balaban J connectivity index is 1.46. The van der Waals surface area contributed by atoms with Crippen molar-refractivity contribution in [1.29, 1.82) is 0 Å². The van der Waals surface area contributed by atoms with Crippen LogP contribution in [0.5, 0.6) is 11.5 Å². The highest BCUT2D eigenvalue weighted by molar-refractivity contribution is 5.78. The SMILES string of the molecule is COc1ccc(CNC(=O)CN2CC[C@@H]3CCCC[C@@H]3C2)cc1OC. The Morgan fingerprint density at radius 2 is 1.88 bits per heavy atom. The standard InChI is InChI=1S/C20H30N2O3/c1-24-18-8-7-15(11-19(18)25-2)12-21-20(23)14-22-10-9-16-5-3-4-6-17(16)13-22/h7-8,11,16-17H,3-6,9-10,12-14H2,1-2H3,(H,21,23)/t16-,17+/m0/s1. The van der Waals surface area contributed by atoms with Gasteiger partial charge in [0.25, 0.3) is 0 Å². The molecule has 5 heteroatoms. The topological polar surface area (TPSA) is 50.8 Å². The molecule has 1 saturated carbocycles. The highest BCUT2D eigenvalue weighted by Gasteiger charge is 2.31. The van der Waals surface area contributed by atoms with Crippen molar-refractivity contribution >= 4 is 5.91 Å². The van der Waals surface area contributed by atoms with Crippen LogP contribution in [-0.4, -0.2) is 44.7 Å². The van der Waals surface area contributed by atoms with Crippen LogP contribution in [0.15, 0.2) is 18.2 Å². The van der Waals surface area contributed by atoms with Crippen LogP contribution in [0.3, 0.4) is 0 Å². The van der Waals surface area contributed by atoms with Crippen LogP contribution in [0.2, 0.25) is 0 Å². The van der Waals surface area contributed by atoms with Crippen LogP contribution in [0.1, 0.15) is 37.7 Å². The summed E-state index contributed by atoms with van der Waals surface area (Å²) in [5, 5.41) is 3.03. The van der Waals surface area contributed by atoms with Crippen molar-refractivity contribution in [2.75, 3.05) is 33.9 Å². The number of rotatable bonds is 6. The molecule has 1 aromatic carbocycles. The van der Waals surface area contributed by atoms with Crippen LogP contribution in [0.4, 0.5) is 0 Å². The number of nitrogens with zero attached hydrogens (tertiary/aromatic N) is 1. The lowest BCUT2D eigenvalue weighted by Gasteiger charge is -2.41. The van der Waals surface area contributed by atoms with Gasteiger partial charge in [0.15, 0.2) is 11.5 Å². The van der Waals surface area contributed by atoms with Crippen molar-refractivity contribution in [3.8, 4) is 11.5 Å². The predicted octanol–water partition coefficient (Wildman–Crippen LogP) is 2.83. The molecule has 138 valence electrons. The van der Waals surface area contributed by atoms with E-state index in [1.807, 2.05) is 18.2 Å². The first kappa shape index (κ1) is 18.1. The Labute approximate surface area is 150 Å². The number of amides is 1. The summed E-state index contributed by atoms with van der Waals surface area (Å²) in [7, 11) is 3.24. The third-order valence-corrected chi connectivity index (χ3v) is 5.68. The van der Waals surface area contributed by atoms with Crippen LogP contribution >= 0.6 is 0 Å². The van der Waals surface area contributed by atoms with E-state index in [1.165, 1.54) is 32.1 Å². The molecule has 2 atom stereocenters. The van der Waals surface area contributed by atoms with Gasteiger partial charge in [-0.15, -0.1) is 0 Å². The molecule has 2 fully saturated rings. The molecule has 1 amide bonds. The van der Waals surface area contributed by atoms with E-state index in [-0.39, 0.29) is 5.91 Å². The third-order valence-electron chi connectivity index (χ3n) is 5.68. The average molecular weight is 346 g/mol. The Morgan fingerprint density at radius 1 is 1.12 bits per heavy atom. The molecular weight excluding hydrogens is 316 g/mol. The number of carbonyl (C=O) groups excluding carboxylic acids is 1. The van der Waals surface area contributed by atoms with E-state index >= 15 is 0 Å². The van der Waals surface area contributed by atoms with Gasteiger partial charge in [-0.3, -0.25) is 9.69 Å². The molecule has 0 unspecified atom stereocenters. The second-order valence-electron chi connectivity index (χ2n) is 7.29. The first-order chi connectivity index (χ1) is 12.2. The van der Waals surface area contributed by atoms with Crippen LogP contribution < -0.4 is 14.8 Å². The van der Waals surface area contributed by atoms with Crippen LogP contribution in [0, 0.1) is 11.8 Å². The lowest BCUT2D eigenvalue weighted by molar-refractivity contribution is -0.123. The fourth-order valence-corrected chi connectivity index (χ4v) is 4.27. The van der Waals surface area contributed by atoms with Crippen molar-refractivity contribution < 1.29 is 14.3 Å². The fourth-order valence-electron chi connectivity index (χ4n) is 4.27. The Kier molecular flexibility index (Phi) is 6.19. The second kappa shape index (κ2) is 8.56. The van der Waals surface area contributed by atoms with Gasteiger partial charge in [-0.2, -0.15) is 0 Å². The number of likely N-dealkylation sites (tertiary alicyclic amines) is 1. The summed E-state index contributed by atoms with van der Waals surface area (Å²) in [6.07, 6.45) is 6.75. The molecule has 1 heterocycles. The number of hydrogen-bond donors (Lipinski definition) is 1. The molecule has 25 heavy (non-hydrogen) atoms. The average Bonchev–Trinajstić information content (AvgIpc) is 2.66. The summed E-state index contributed by atoms with van der Waals surface area (Å²) in [5.41, 5.74) is 1.01. The number of ether oxygens (including phenoxy) is 2. The molecule has 1 aliphatic carbocycles. The fraction of sp³-hybridized carbons (Fsp3) is 0.650.